The number of carbonyl (C=O) groups is 2. The van der Waals surface area contributed by atoms with Gasteiger partial charge in [-0.05, 0) is 49.2 Å². The molecular weight excluding hydrogens is 296 g/mol. The summed E-state index contributed by atoms with van der Waals surface area (Å²) in [7, 11) is 0. The van der Waals surface area contributed by atoms with Crippen molar-refractivity contribution in [3.8, 4) is 11.1 Å². The predicted molar refractivity (Wildman–Crippen MR) is 88.0 cm³/mol. The first-order valence-electron chi connectivity index (χ1n) is 7.24. The van der Waals surface area contributed by atoms with Crippen LogP contribution in [0.5, 0.6) is 0 Å². The molecule has 0 atom stereocenters. The molecule has 0 heterocycles. The van der Waals surface area contributed by atoms with Gasteiger partial charge < -0.3 is 14.9 Å². The molecule has 23 heavy (non-hydrogen) atoms. The fourth-order valence-electron chi connectivity index (χ4n) is 1.81. The number of carboxylic acid groups (broad SMARTS) is 2. The van der Waals surface area contributed by atoms with Crippen LogP contribution in [0.2, 0.25) is 0 Å². The largest absolute Gasteiger partial charge is 0.478 e. The van der Waals surface area contributed by atoms with Gasteiger partial charge in [-0.15, -0.1) is 0 Å². The molecule has 2 rings (SSSR count). The Morgan fingerprint density at radius 2 is 1.04 bits per heavy atom. The van der Waals surface area contributed by atoms with Crippen LogP contribution in [-0.4, -0.2) is 35.4 Å². The van der Waals surface area contributed by atoms with Crippen LogP contribution in [-0.2, 0) is 4.74 Å². The molecule has 0 aliphatic heterocycles. The smallest absolute Gasteiger partial charge is 0.335 e. The van der Waals surface area contributed by atoms with Crippen molar-refractivity contribution in [2.75, 3.05) is 13.2 Å². The van der Waals surface area contributed by atoms with Crippen LogP contribution in [0, 0.1) is 0 Å². The minimum Gasteiger partial charge on any atom is -0.478 e. The van der Waals surface area contributed by atoms with Crippen LogP contribution in [0.25, 0.3) is 11.1 Å². The highest BCUT2D eigenvalue weighted by Crippen LogP contribution is 2.20. The Balaban J connectivity index is 0.000000463. The van der Waals surface area contributed by atoms with Gasteiger partial charge in [0.25, 0.3) is 0 Å². The van der Waals surface area contributed by atoms with E-state index < -0.39 is 11.9 Å². The number of ether oxygens (including phenoxy) is 1. The Kier molecular flexibility index (Phi) is 7.50. The van der Waals surface area contributed by atoms with Crippen LogP contribution in [0.15, 0.2) is 48.5 Å². The summed E-state index contributed by atoms with van der Waals surface area (Å²) in [6.07, 6.45) is 0. The number of benzene rings is 2. The Morgan fingerprint density at radius 3 is 1.22 bits per heavy atom. The molecule has 0 saturated heterocycles. The zero-order valence-electron chi connectivity index (χ0n) is 13.2. The van der Waals surface area contributed by atoms with Crippen LogP contribution in [0.4, 0.5) is 0 Å². The van der Waals surface area contributed by atoms with Crippen molar-refractivity contribution < 1.29 is 24.5 Å². The molecule has 122 valence electrons. The maximum absolute atomic E-state index is 10.7. The molecular formula is C18H20O5. The van der Waals surface area contributed by atoms with Gasteiger partial charge in [-0.2, -0.15) is 0 Å². The van der Waals surface area contributed by atoms with Gasteiger partial charge in [0.2, 0.25) is 0 Å². The predicted octanol–water partition coefficient (Wildman–Crippen LogP) is 3.79. The molecule has 0 aliphatic rings. The summed E-state index contributed by atoms with van der Waals surface area (Å²) in [6, 6.07) is 12.8. The van der Waals surface area contributed by atoms with Crippen molar-refractivity contribution in [2.45, 2.75) is 13.8 Å². The number of rotatable bonds is 5. The maximum Gasteiger partial charge on any atom is 0.335 e. The summed E-state index contributed by atoms with van der Waals surface area (Å²) in [4.78, 5) is 21.4. The summed E-state index contributed by atoms with van der Waals surface area (Å²) in [5.74, 6) is -1.94. The second-order valence-corrected chi connectivity index (χ2v) is 4.55. The minimum atomic E-state index is -0.970. The zero-order valence-corrected chi connectivity index (χ0v) is 13.2. The van der Waals surface area contributed by atoms with E-state index >= 15 is 0 Å². The van der Waals surface area contributed by atoms with Gasteiger partial charge in [-0.3, -0.25) is 0 Å². The molecule has 0 fully saturated rings. The molecule has 0 radical (unpaired) electrons. The lowest BCUT2D eigenvalue weighted by Crippen LogP contribution is -1.96. The van der Waals surface area contributed by atoms with E-state index in [4.69, 9.17) is 14.9 Å². The van der Waals surface area contributed by atoms with Gasteiger partial charge in [0.05, 0.1) is 11.1 Å². The molecule has 0 aliphatic carbocycles. The van der Waals surface area contributed by atoms with E-state index in [1.165, 1.54) is 24.3 Å². The topological polar surface area (TPSA) is 83.8 Å². The summed E-state index contributed by atoms with van der Waals surface area (Å²) < 4.78 is 4.83. The monoisotopic (exact) mass is 316 g/mol. The number of aromatic carboxylic acids is 2. The van der Waals surface area contributed by atoms with Gasteiger partial charge in [0, 0.05) is 13.2 Å². The number of hydrogen-bond donors (Lipinski definition) is 2. The average molecular weight is 316 g/mol. The fraction of sp³-hybridized carbons (Fsp3) is 0.222. The molecule has 0 aromatic heterocycles. The Bertz CT molecular complexity index is 572. The van der Waals surface area contributed by atoms with Gasteiger partial charge in [-0.25, -0.2) is 9.59 Å². The minimum absolute atomic E-state index is 0.223. The molecule has 2 aromatic rings. The van der Waals surface area contributed by atoms with Crippen LogP contribution >= 0.6 is 0 Å². The van der Waals surface area contributed by atoms with Crippen LogP contribution in [0.3, 0.4) is 0 Å². The molecule has 2 aromatic carbocycles. The molecule has 0 unspecified atom stereocenters. The van der Waals surface area contributed by atoms with Gasteiger partial charge in [0.1, 0.15) is 0 Å². The highest BCUT2D eigenvalue weighted by atomic mass is 16.5. The van der Waals surface area contributed by atoms with Crippen LogP contribution in [0.1, 0.15) is 34.6 Å². The van der Waals surface area contributed by atoms with E-state index in [1.807, 2.05) is 13.8 Å². The number of hydrogen-bond acceptors (Lipinski definition) is 3. The van der Waals surface area contributed by atoms with Crippen molar-refractivity contribution in [3.63, 3.8) is 0 Å². The van der Waals surface area contributed by atoms with Crippen molar-refractivity contribution in [2.24, 2.45) is 0 Å². The fourth-order valence-corrected chi connectivity index (χ4v) is 1.81. The van der Waals surface area contributed by atoms with Gasteiger partial charge in [0.15, 0.2) is 0 Å². The molecule has 2 N–H and O–H groups in total. The lowest BCUT2D eigenvalue weighted by molar-refractivity contribution is 0.0686. The molecule has 5 nitrogen and oxygen atoms in total. The average Bonchev–Trinajstić information content (AvgIpc) is 2.56. The maximum atomic E-state index is 10.7. The van der Waals surface area contributed by atoms with E-state index in [0.717, 1.165) is 24.3 Å². The van der Waals surface area contributed by atoms with Crippen molar-refractivity contribution >= 4 is 11.9 Å². The van der Waals surface area contributed by atoms with Crippen molar-refractivity contribution in [1.82, 2.24) is 0 Å². The lowest BCUT2D eigenvalue weighted by atomic mass is 10.0. The number of carboxylic acids is 2. The quantitative estimate of drug-likeness (QED) is 0.876. The first-order chi connectivity index (χ1) is 11.0. The first kappa shape index (κ1) is 18.4. The lowest BCUT2D eigenvalue weighted by Gasteiger charge is -2.03. The third kappa shape index (κ3) is 5.92. The zero-order chi connectivity index (χ0) is 17.2. The van der Waals surface area contributed by atoms with E-state index in [0.29, 0.717) is 0 Å². The van der Waals surface area contributed by atoms with E-state index in [2.05, 4.69) is 0 Å². The Hall–Kier alpha value is -2.66. The highest BCUT2D eigenvalue weighted by Gasteiger charge is 2.05. The van der Waals surface area contributed by atoms with E-state index in [1.54, 1.807) is 24.3 Å². The SMILES string of the molecule is CCOCC.O=C(O)c1ccc(-c2ccc(C(=O)O)cc2)cc1. The molecule has 0 spiro atoms. The highest BCUT2D eigenvalue weighted by molar-refractivity contribution is 5.89. The summed E-state index contributed by atoms with van der Waals surface area (Å²) >= 11 is 0. The molecule has 0 bridgehead atoms. The van der Waals surface area contributed by atoms with Gasteiger partial charge >= 0.3 is 11.9 Å². The van der Waals surface area contributed by atoms with E-state index in [9.17, 15) is 9.59 Å². The summed E-state index contributed by atoms with van der Waals surface area (Å²) in [6.45, 7) is 5.67. The molecule has 0 amide bonds. The third-order valence-corrected chi connectivity index (χ3v) is 3.01. The Labute approximate surface area is 135 Å². The normalized spacial score (nSPS) is 9.65. The second kappa shape index (κ2) is 9.38. The van der Waals surface area contributed by atoms with Gasteiger partial charge in [-0.1, -0.05) is 24.3 Å². The summed E-state index contributed by atoms with van der Waals surface area (Å²) in [5, 5.41) is 17.6. The van der Waals surface area contributed by atoms with Crippen molar-refractivity contribution in [3.05, 3.63) is 59.7 Å². The standard InChI is InChI=1S/C14H10O4.C4H10O/c15-13(16)11-5-1-9(2-6-11)10-3-7-12(8-4-10)14(17)18;1-3-5-4-2/h1-8H,(H,15,16)(H,17,18);3-4H2,1-2H3. The molecule has 0 saturated carbocycles. The van der Waals surface area contributed by atoms with Crippen molar-refractivity contribution in [1.29, 1.82) is 0 Å². The summed E-state index contributed by atoms with van der Waals surface area (Å²) in [5.41, 5.74) is 2.13. The third-order valence-electron chi connectivity index (χ3n) is 3.01. The Morgan fingerprint density at radius 1 is 0.739 bits per heavy atom. The van der Waals surface area contributed by atoms with Crippen LogP contribution < -0.4 is 0 Å². The first-order valence-corrected chi connectivity index (χ1v) is 7.24. The second-order valence-electron chi connectivity index (χ2n) is 4.55. The van der Waals surface area contributed by atoms with E-state index in [-0.39, 0.29) is 11.1 Å². The molecule has 5 heteroatoms.